The Bertz CT molecular complexity index is 908. The van der Waals surface area contributed by atoms with Gasteiger partial charge in [-0.3, -0.25) is 15.6 Å². The van der Waals surface area contributed by atoms with Gasteiger partial charge in [-0.2, -0.15) is 5.10 Å². The van der Waals surface area contributed by atoms with Crippen LogP contribution in [0.2, 0.25) is 10.0 Å². The predicted octanol–water partition coefficient (Wildman–Crippen LogP) is 3.22. The SMILES string of the molecule is CC(C)C(=O)NNc1ncnc2c1cnn2-c1ccc(Cl)c(Cl)c1. The second-order valence-electron chi connectivity index (χ2n) is 5.38. The molecule has 24 heavy (non-hydrogen) atoms. The number of anilines is 1. The average Bonchev–Trinajstić information content (AvgIpc) is 2.99. The molecule has 0 saturated carbocycles. The number of carbonyl (C=O) groups excluding carboxylic acids is 1. The minimum absolute atomic E-state index is 0.140. The van der Waals surface area contributed by atoms with E-state index in [1.807, 2.05) is 0 Å². The van der Waals surface area contributed by atoms with Crippen LogP contribution < -0.4 is 10.9 Å². The monoisotopic (exact) mass is 364 g/mol. The molecule has 0 saturated heterocycles. The maximum atomic E-state index is 11.7. The van der Waals surface area contributed by atoms with E-state index >= 15 is 0 Å². The number of halogens is 2. The number of hydrogen-bond donors (Lipinski definition) is 2. The van der Waals surface area contributed by atoms with Crippen LogP contribution in [0.3, 0.4) is 0 Å². The van der Waals surface area contributed by atoms with Crippen molar-refractivity contribution >= 4 is 46.0 Å². The molecule has 9 heteroatoms. The Labute approximate surface area is 148 Å². The van der Waals surface area contributed by atoms with E-state index in [1.54, 1.807) is 42.9 Å². The minimum atomic E-state index is -0.145. The average molecular weight is 365 g/mol. The van der Waals surface area contributed by atoms with Crippen molar-refractivity contribution in [3.8, 4) is 5.69 Å². The van der Waals surface area contributed by atoms with E-state index in [2.05, 4.69) is 25.9 Å². The molecule has 0 spiro atoms. The molecule has 2 heterocycles. The summed E-state index contributed by atoms with van der Waals surface area (Å²) < 4.78 is 1.62. The second-order valence-corrected chi connectivity index (χ2v) is 6.20. The summed E-state index contributed by atoms with van der Waals surface area (Å²) in [6.07, 6.45) is 3.00. The molecular weight excluding hydrogens is 351 g/mol. The fourth-order valence-electron chi connectivity index (χ4n) is 2.01. The van der Waals surface area contributed by atoms with Crippen molar-refractivity contribution in [2.75, 3.05) is 5.43 Å². The van der Waals surface area contributed by atoms with Gasteiger partial charge in [0.2, 0.25) is 5.91 Å². The van der Waals surface area contributed by atoms with E-state index in [1.165, 1.54) is 6.33 Å². The first-order valence-corrected chi connectivity index (χ1v) is 7.93. The summed E-state index contributed by atoms with van der Waals surface area (Å²) in [4.78, 5) is 20.1. The van der Waals surface area contributed by atoms with Crippen LogP contribution in [0.25, 0.3) is 16.7 Å². The molecule has 2 N–H and O–H groups in total. The summed E-state index contributed by atoms with van der Waals surface area (Å²) in [5.74, 6) is 0.174. The van der Waals surface area contributed by atoms with E-state index in [9.17, 15) is 4.79 Å². The van der Waals surface area contributed by atoms with E-state index < -0.39 is 0 Å². The topological polar surface area (TPSA) is 84.7 Å². The highest BCUT2D eigenvalue weighted by atomic mass is 35.5. The largest absolute Gasteiger partial charge is 0.281 e. The molecule has 0 atom stereocenters. The summed E-state index contributed by atoms with van der Waals surface area (Å²) in [6.45, 7) is 3.60. The van der Waals surface area contributed by atoms with E-state index in [0.29, 0.717) is 26.9 Å². The number of benzene rings is 1. The molecule has 0 aliphatic heterocycles. The standard InChI is InChI=1S/C15H14Cl2N6O/c1-8(2)15(24)22-21-13-10-6-20-23(14(10)19-7-18-13)9-3-4-11(16)12(17)5-9/h3-8H,1-2H3,(H,22,24)(H,18,19,21). The lowest BCUT2D eigenvalue weighted by Crippen LogP contribution is -2.33. The van der Waals surface area contributed by atoms with Crippen molar-refractivity contribution < 1.29 is 4.79 Å². The molecule has 0 aliphatic rings. The van der Waals surface area contributed by atoms with Crippen LogP contribution in [-0.4, -0.2) is 25.7 Å². The Balaban J connectivity index is 1.97. The van der Waals surface area contributed by atoms with Gasteiger partial charge in [-0.25, -0.2) is 14.6 Å². The molecule has 124 valence electrons. The van der Waals surface area contributed by atoms with Crippen LogP contribution in [0, 0.1) is 5.92 Å². The third-order valence-corrected chi connectivity index (χ3v) is 4.08. The zero-order valence-electron chi connectivity index (χ0n) is 12.9. The van der Waals surface area contributed by atoms with Crippen LogP contribution in [0.4, 0.5) is 5.82 Å². The van der Waals surface area contributed by atoms with Crippen molar-refractivity contribution in [1.82, 2.24) is 25.2 Å². The van der Waals surface area contributed by atoms with Crippen LogP contribution in [0.5, 0.6) is 0 Å². The number of nitrogens with one attached hydrogen (secondary N) is 2. The molecule has 7 nitrogen and oxygen atoms in total. The van der Waals surface area contributed by atoms with Crippen LogP contribution in [-0.2, 0) is 4.79 Å². The van der Waals surface area contributed by atoms with Gasteiger partial charge in [-0.1, -0.05) is 37.0 Å². The Morgan fingerprint density at radius 3 is 2.71 bits per heavy atom. The highest BCUT2D eigenvalue weighted by Crippen LogP contribution is 2.26. The number of hydrogen-bond acceptors (Lipinski definition) is 5. The van der Waals surface area contributed by atoms with Gasteiger partial charge in [0.1, 0.15) is 6.33 Å². The van der Waals surface area contributed by atoms with Crippen molar-refractivity contribution in [3.05, 3.63) is 40.8 Å². The summed E-state index contributed by atoms with van der Waals surface area (Å²) in [6, 6.07) is 5.18. The fraction of sp³-hybridized carbons (Fsp3) is 0.200. The van der Waals surface area contributed by atoms with Crippen molar-refractivity contribution in [2.45, 2.75) is 13.8 Å². The second kappa shape index (κ2) is 6.62. The van der Waals surface area contributed by atoms with Gasteiger partial charge in [0, 0.05) is 5.92 Å². The number of nitrogens with zero attached hydrogens (tertiary/aromatic N) is 4. The molecule has 0 radical (unpaired) electrons. The number of carbonyl (C=O) groups is 1. The van der Waals surface area contributed by atoms with Crippen LogP contribution in [0.1, 0.15) is 13.8 Å². The van der Waals surface area contributed by atoms with E-state index in [0.717, 1.165) is 5.69 Å². The summed E-state index contributed by atoms with van der Waals surface area (Å²) in [5, 5.41) is 5.87. The Morgan fingerprint density at radius 1 is 1.21 bits per heavy atom. The maximum Gasteiger partial charge on any atom is 0.240 e. The molecule has 1 amide bonds. The van der Waals surface area contributed by atoms with Crippen LogP contribution >= 0.6 is 23.2 Å². The Morgan fingerprint density at radius 2 is 2.00 bits per heavy atom. The fourth-order valence-corrected chi connectivity index (χ4v) is 2.31. The molecule has 3 aromatic rings. The first-order valence-electron chi connectivity index (χ1n) is 7.17. The molecule has 0 bridgehead atoms. The van der Waals surface area contributed by atoms with Gasteiger partial charge in [-0.15, -0.1) is 0 Å². The van der Waals surface area contributed by atoms with Gasteiger partial charge in [0.05, 0.1) is 27.3 Å². The summed E-state index contributed by atoms with van der Waals surface area (Å²) in [5.41, 5.74) is 6.70. The lowest BCUT2D eigenvalue weighted by atomic mass is 10.2. The highest BCUT2D eigenvalue weighted by Gasteiger charge is 2.13. The van der Waals surface area contributed by atoms with E-state index in [4.69, 9.17) is 23.2 Å². The third kappa shape index (κ3) is 3.13. The Hall–Kier alpha value is -2.38. The third-order valence-electron chi connectivity index (χ3n) is 3.34. The zero-order valence-corrected chi connectivity index (χ0v) is 14.4. The number of hydrazine groups is 1. The normalized spacial score (nSPS) is 11.0. The number of amides is 1. The van der Waals surface area contributed by atoms with Gasteiger partial charge >= 0.3 is 0 Å². The molecule has 1 aromatic carbocycles. The minimum Gasteiger partial charge on any atom is -0.281 e. The molecule has 0 fully saturated rings. The first kappa shape index (κ1) is 16.5. The summed E-state index contributed by atoms with van der Waals surface area (Å²) >= 11 is 12.0. The lowest BCUT2D eigenvalue weighted by molar-refractivity contribution is -0.123. The van der Waals surface area contributed by atoms with Crippen molar-refractivity contribution in [2.24, 2.45) is 5.92 Å². The van der Waals surface area contributed by atoms with Gasteiger partial charge < -0.3 is 0 Å². The highest BCUT2D eigenvalue weighted by molar-refractivity contribution is 6.42. The molecule has 3 rings (SSSR count). The smallest absolute Gasteiger partial charge is 0.240 e. The summed E-state index contributed by atoms with van der Waals surface area (Å²) in [7, 11) is 0. The predicted molar refractivity (Wildman–Crippen MR) is 93.3 cm³/mol. The maximum absolute atomic E-state index is 11.7. The first-order chi connectivity index (χ1) is 11.5. The van der Waals surface area contributed by atoms with Crippen LogP contribution in [0.15, 0.2) is 30.7 Å². The van der Waals surface area contributed by atoms with Crippen molar-refractivity contribution in [3.63, 3.8) is 0 Å². The quantitative estimate of drug-likeness (QED) is 0.694. The molecule has 0 aliphatic carbocycles. The Kier molecular flexibility index (Phi) is 4.55. The number of rotatable bonds is 4. The lowest BCUT2D eigenvalue weighted by Gasteiger charge is -2.10. The number of fused-ring (bicyclic) bond motifs is 1. The molecule has 0 unspecified atom stereocenters. The zero-order chi connectivity index (χ0) is 17.3. The van der Waals surface area contributed by atoms with Gasteiger partial charge in [0.15, 0.2) is 11.5 Å². The van der Waals surface area contributed by atoms with E-state index in [-0.39, 0.29) is 11.8 Å². The molecular formula is C15H14Cl2N6O. The number of aromatic nitrogens is 4. The molecule has 2 aromatic heterocycles. The van der Waals surface area contributed by atoms with Gasteiger partial charge in [0.25, 0.3) is 0 Å². The van der Waals surface area contributed by atoms with Gasteiger partial charge in [-0.05, 0) is 18.2 Å². The van der Waals surface area contributed by atoms with Crippen molar-refractivity contribution in [1.29, 1.82) is 0 Å².